The SMILES string of the molecule is Cc1ccc(S(=O)(=O)Oc2ccccc2/C=C(\C#N)C(=O)Nc2ccc(Cl)c(Cl)c2)cc1. The number of nitrogens with one attached hydrogen (secondary N) is 1. The van der Waals surface area contributed by atoms with Crippen molar-refractivity contribution in [3.05, 3.63) is 93.5 Å². The molecule has 0 fully saturated rings. The van der Waals surface area contributed by atoms with Crippen LogP contribution in [0.5, 0.6) is 5.75 Å². The lowest BCUT2D eigenvalue weighted by atomic mass is 10.1. The molecule has 0 aliphatic carbocycles. The van der Waals surface area contributed by atoms with E-state index in [0.717, 1.165) is 5.56 Å². The molecule has 1 N–H and O–H groups in total. The number of carbonyl (C=O) groups is 1. The Balaban J connectivity index is 1.88. The molecule has 0 radical (unpaired) electrons. The highest BCUT2D eigenvalue weighted by Gasteiger charge is 2.19. The summed E-state index contributed by atoms with van der Waals surface area (Å²) in [6, 6.07) is 18.7. The fourth-order valence-electron chi connectivity index (χ4n) is 2.62. The Morgan fingerprint density at radius 1 is 1.03 bits per heavy atom. The van der Waals surface area contributed by atoms with Gasteiger partial charge in [-0.1, -0.05) is 59.1 Å². The molecular weight excluding hydrogens is 471 g/mol. The summed E-state index contributed by atoms with van der Waals surface area (Å²) in [7, 11) is -4.11. The standard InChI is InChI=1S/C23H16Cl2N2O4S/c1-15-6-9-19(10-7-15)32(29,30)31-22-5-3-2-4-16(22)12-17(14-26)23(28)27-18-8-11-20(24)21(25)13-18/h2-13H,1H3,(H,27,28)/b17-12+. The summed E-state index contributed by atoms with van der Waals surface area (Å²) < 4.78 is 30.6. The molecule has 0 heterocycles. The zero-order valence-electron chi connectivity index (χ0n) is 16.7. The van der Waals surface area contributed by atoms with Crippen LogP contribution in [-0.2, 0) is 14.9 Å². The first-order chi connectivity index (χ1) is 15.2. The molecule has 3 rings (SSSR count). The van der Waals surface area contributed by atoms with Gasteiger partial charge in [-0.2, -0.15) is 13.7 Å². The Kier molecular flexibility index (Phi) is 7.21. The number of halogens is 2. The van der Waals surface area contributed by atoms with E-state index in [0.29, 0.717) is 10.7 Å². The summed E-state index contributed by atoms with van der Waals surface area (Å²) in [6.45, 7) is 1.84. The topological polar surface area (TPSA) is 96.3 Å². The van der Waals surface area contributed by atoms with Gasteiger partial charge >= 0.3 is 10.1 Å². The number of nitriles is 1. The van der Waals surface area contributed by atoms with Crippen LogP contribution in [0.15, 0.2) is 77.2 Å². The van der Waals surface area contributed by atoms with Gasteiger partial charge in [0.25, 0.3) is 5.91 Å². The number of nitrogens with zero attached hydrogens (tertiary/aromatic N) is 1. The van der Waals surface area contributed by atoms with Crippen LogP contribution < -0.4 is 9.50 Å². The second-order valence-corrected chi connectivity index (χ2v) is 9.00. The molecule has 162 valence electrons. The van der Waals surface area contributed by atoms with Crippen molar-refractivity contribution in [2.45, 2.75) is 11.8 Å². The van der Waals surface area contributed by atoms with Crippen LogP contribution in [0, 0.1) is 18.3 Å². The monoisotopic (exact) mass is 486 g/mol. The molecule has 32 heavy (non-hydrogen) atoms. The Morgan fingerprint density at radius 3 is 2.38 bits per heavy atom. The van der Waals surface area contributed by atoms with E-state index in [4.69, 9.17) is 27.4 Å². The highest BCUT2D eigenvalue weighted by atomic mass is 35.5. The number of hydrogen-bond acceptors (Lipinski definition) is 5. The second-order valence-electron chi connectivity index (χ2n) is 6.64. The molecule has 0 aliphatic rings. The number of amides is 1. The third kappa shape index (κ3) is 5.68. The fourth-order valence-corrected chi connectivity index (χ4v) is 3.88. The van der Waals surface area contributed by atoms with E-state index >= 15 is 0 Å². The summed E-state index contributed by atoms with van der Waals surface area (Å²) in [5.41, 5.74) is 1.22. The van der Waals surface area contributed by atoms with Gasteiger partial charge in [0.1, 0.15) is 22.3 Å². The van der Waals surface area contributed by atoms with E-state index in [2.05, 4.69) is 5.32 Å². The van der Waals surface area contributed by atoms with Crippen molar-refractivity contribution in [3.63, 3.8) is 0 Å². The van der Waals surface area contributed by atoms with Gasteiger partial charge in [0.15, 0.2) is 0 Å². The molecule has 3 aromatic carbocycles. The average molecular weight is 487 g/mol. The number of aryl methyl sites for hydroxylation is 1. The summed E-state index contributed by atoms with van der Waals surface area (Å²) in [4.78, 5) is 12.5. The summed E-state index contributed by atoms with van der Waals surface area (Å²) in [5.74, 6) is -0.731. The smallest absolute Gasteiger partial charge is 0.339 e. The maximum Gasteiger partial charge on any atom is 0.339 e. The normalized spacial score (nSPS) is 11.5. The summed E-state index contributed by atoms with van der Waals surface area (Å²) in [5, 5.41) is 12.6. The molecule has 0 aromatic heterocycles. The van der Waals surface area contributed by atoms with Crippen molar-refractivity contribution in [3.8, 4) is 11.8 Å². The molecule has 0 unspecified atom stereocenters. The minimum Gasteiger partial charge on any atom is -0.378 e. The number of benzene rings is 3. The van der Waals surface area contributed by atoms with Crippen LogP contribution in [0.1, 0.15) is 11.1 Å². The molecule has 0 bridgehead atoms. The lowest BCUT2D eigenvalue weighted by molar-refractivity contribution is -0.112. The fraction of sp³-hybridized carbons (Fsp3) is 0.0435. The molecule has 0 saturated carbocycles. The minimum atomic E-state index is -4.11. The number of anilines is 1. The summed E-state index contributed by atoms with van der Waals surface area (Å²) >= 11 is 11.8. The van der Waals surface area contributed by atoms with E-state index in [1.165, 1.54) is 48.5 Å². The first-order valence-corrected chi connectivity index (χ1v) is 11.3. The van der Waals surface area contributed by atoms with Gasteiger partial charge in [-0.15, -0.1) is 0 Å². The largest absolute Gasteiger partial charge is 0.378 e. The average Bonchev–Trinajstić information content (AvgIpc) is 2.75. The molecule has 0 saturated heterocycles. The minimum absolute atomic E-state index is 0.0141. The third-order valence-corrected chi connectivity index (χ3v) is 6.26. The third-order valence-electron chi connectivity index (χ3n) is 4.27. The maximum atomic E-state index is 12.6. The van der Waals surface area contributed by atoms with Crippen LogP contribution in [-0.4, -0.2) is 14.3 Å². The van der Waals surface area contributed by atoms with E-state index in [1.807, 2.05) is 13.0 Å². The van der Waals surface area contributed by atoms with Crippen LogP contribution in [0.2, 0.25) is 10.0 Å². The zero-order valence-corrected chi connectivity index (χ0v) is 19.0. The lowest BCUT2D eigenvalue weighted by Gasteiger charge is -2.10. The molecule has 0 spiro atoms. The Bertz CT molecular complexity index is 1350. The van der Waals surface area contributed by atoms with Crippen molar-refractivity contribution in [2.24, 2.45) is 0 Å². The second kappa shape index (κ2) is 9.88. The van der Waals surface area contributed by atoms with Gasteiger partial charge in [0.2, 0.25) is 0 Å². The molecule has 6 nitrogen and oxygen atoms in total. The number of para-hydroxylation sites is 1. The van der Waals surface area contributed by atoms with Gasteiger partial charge in [0.05, 0.1) is 10.0 Å². The first kappa shape index (κ1) is 23.4. The van der Waals surface area contributed by atoms with Crippen molar-refractivity contribution in [1.82, 2.24) is 0 Å². The molecular formula is C23H16Cl2N2O4S. The molecule has 1 amide bonds. The van der Waals surface area contributed by atoms with E-state index in [-0.39, 0.29) is 26.8 Å². The van der Waals surface area contributed by atoms with Crippen molar-refractivity contribution >= 4 is 51.0 Å². The lowest BCUT2D eigenvalue weighted by Crippen LogP contribution is -2.14. The molecule has 0 aliphatic heterocycles. The van der Waals surface area contributed by atoms with Gasteiger partial charge in [-0.3, -0.25) is 4.79 Å². The highest BCUT2D eigenvalue weighted by Crippen LogP contribution is 2.27. The number of carbonyl (C=O) groups excluding carboxylic acids is 1. The van der Waals surface area contributed by atoms with E-state index in [9.17, 15) is 18.5 Å². The molecule has 3 aromatic rings. The predicted octanol–water partition coefficient (Wildman–Crippen LogP) is 5.62. The number of hydrogen-bond donors (Lipinski definition) is 1. The van der Waals surface area contributed by atoms with Gasteiger partial charge in [-0.25, -0.2) is 0 Å². The Hall–Kier alpha value is -3.31. The zero-order chi connectivity index (χ0) is 23.3. The van der Waals surface area contributed by atoms with Crippen LogP contribution in [0.3, 0.4) is 0 Å². The van der Waals surface area contributed by atoms with Crippen molar-refractivity contribution in [1.29, 1.82) is 5.26 Å². The molecule has 9 heteroatoms. The van der Waals surface area contributed by atoms with Crippen molar-refractivity contribution in [2.75, 3.05) is 5.32 Å². The summed E-state index contributed by atoms with van der Waals surface area (Å²) in [6.07, 6.45) is 1.24. The van der Waals surface area contributed by atoms with Gasteiger partial charge < -0.3 is 9.50 Å². The van der Waals surface area contributed by atoms with Crippen molar-refractivity contribution < 1.29 is 17.4 Å². The quantitative estimate of drug-likeness (QED) is 0.277. The predicted molar refractivity (Wildman–Crippen MR) is 124 cm³/mol. The van der Waals surface area contributed by atoms with Crippen LogP contribution in [0.25, 0.3) is 6.08 Å². The maximum absolute atomic E-state index is 12.6. The number of rotatable bonds is 6. The Labute approximate surface area is 195 Å². The van der Waals surface area contributed by atoms with E-state index < -0.39 is 16.0 Å². The molecule has 0 atom stereocenters. The van der Waals surface area contributed by atoms with Crippen LogP contribution >= 0.6 is 23.2 Å². The van der Waals surface area contributed by atoms with Crippen LogP contribution in [0.4, 0.5) is 5.69 Å². The highest BCUT2D eigenvalue weighted by molar-refractivity contribution is 7.87. The van der Waals surface area contributed by atoms with E-state index in [1.54, 1.807) is 24.3 Å². The first-order valence-electron chi connectivity index (χ1n) is 9.18. The Morgan fingerprint density at radius 2 is 1.72 bits per heavy atom. The van der Waals surface area contributed by atoms with Gasteiger partial charge in [0, 0.05) is 11.3 Å². The van der Waals surface area contributed by atoms with Gasteiger partial charge in [-0.05, 0) is 49.4 Å².